The highest BCUT2D eigenvalue weighted by Crippen LogP contribution is 2.19. The van der Waals surface area contributed by atoms with E-state index in [-0.39, 0.29) is 5.56 Å². The number of carbonyl (C=O) groups excluding carboxylic acids is 1. The maximum absolute atomic E-state index is 13.4. The van der Waals surface area contributed by atoms with Gasteiger partial charge in [-0.05, 0) is 18.1 Å². The summed E-state index contributed by atoms with van der Waals surface area (Å²) in [6.07, 6.45) is -0.919. The zero-order valence-corrected chi connectivity index (χ0v) is 9.95. The first-order valence-corrected chi connectivity index (χ1v) is 5.28. The number of hydrogen-bond acceptors (Lipinski definition) is 3. The standard InChI is InChI=1S/C12H11F3O4/c1-19-11(16)4-7(12(17)18)2-6-3-9(14)10(15)5-8(6)13/h3,5,7H,2,4H2,1H3,(H,17,18)/t7-/m0/s1. The number of carboxylic acids is 1. The van der Waals surface area contributed by atoms with Crippen molar-refractivity contribution in [2.24, 2.45) is 5.92 Å². The number of methoxy groups -OCH3 is 1. The van der Waals surface area contributed by atoms with Crippen LogP contribution in [0.1, 0.15) is 12.0 Å². The maximum Gasteiger partial charge on any atom is 0.307 e. The SMILES string of the molecule is COC(=O)C[C@H](Cc1cc(F)c(F)cc1F)C(=O)O. The highest BCUT2D eigenvalue weighted by Gasteiger charge is 2.24. The van der Waals surface area contributed by atoms with Gasteiger partial charge in [-0.2, -0.15) is 0 Å². The fourth-order valence-corrected chi connectivity index (χ4v) is 1.52. The van der Waals surface area contributed by atoms with Crippen LogP contribution in [0.3, 0.4) is 0 Å². The van der Waals surface area contributed by atoms with Gasteiger partial charge in [-0.1, -0.05) is 0 Å². The monoisotopic (exact) mass is 276 g/mol. The number of carbonyl (C=O) groups is 2. The lowest BCUT2D eigenvalue weighted by Crippen LogP contribution is -2.21. The first-order chi connectivity index (χ1) is 8.85. The molecule has 1 aromatic carbocycles. The summed E-state index contributed by atoms with van der Waals surface area (Å²) in [4.78, 5) is 21.9. The molecule has 0 heterocycles. The highest BCUT2D eigenvalue weighted by molar-refractivity contribution is 5.78. The normalized spacial score (nSPS) is 12.0. The average Bonchev–Trinajstić information content (AvgIpc) is 2.34. The number of carboxylic acid groups (broad SMARTS) is 1. The molecule has 19 heavy (non-hydrogen) atoms. The third-order valence-electron chi connectivity index (χ3n) is 2.55. The molecule has 0 unspecified atom stereocenters. The van der Waals surface area contributed by atoms with Crippen molar-refractivity contribution in [1.82, 2.24) is 0 Å². The quantitative estimate of drug-likeness (QED) is 0.659. The number of halogens is 3. The zero-order chi connectivity index (χ0) is 14.6. The lowest BCUT2D eigenvalue weighted by Gasteiger charge is -2.12. The molecular weight excluding hydrogens is 265 g/mol. The van der Waals surface area contributed by atoms with Gasteiger partial charge in [-0.15, -0.1) is 0 Å². The molecule has 1 N–H and O–H groups in total. The molecule has 0 radical (unpaired) electrons. The van der Waals surface area contributed by atoms with Crippen LogP contribution in [0.4, 0.5) is 13.2 Å². The minimum atomic E-state index is -1.36. The van der Waals surface area contributed by atoms with E-state index < -0.39 is 48.1 Å². The Morgan fingerprint density at radius 1 is 1.21 bits per heavy atom. The van der Waals surface area contributed by atoms with Gasteiger partial charge in [0.05, 0.1) is 19.4 Å². The fraction of sp³-hybridized carbons (Fsp3) is 0.333. The molecule has 0 aliphatic rings. The molecule has 0 aromatic heterocycles. The molecule has 0 aliphatic carbocycles. The van der Waals surface area contributed by atoms with Gasteiger partial charge in [0.1, 0.15) is 5.82 Å². The van der Waals surface area contributed by atoms with Gasteiger partial charge in [-0.25, -0.2) is 13.2 Å². The van der Waals surface area contributed by atoms with Crippen molar-refractivity contribution >= 4 is 11.9 Å². The van der Waals surface area contributed by atoms with Crippen LogP contribution in [0.2, 0.25) is 0 Å². The van der Waals surface area contributed by atoms with Gasteiger partial charge in [0.15, 0.2) is 11.6 Å². The Labute approximate surface area is 106 Å². The molecule has 0 saturated carbocycles. The van der Waals surface area contributed by atoms with E-state index in [4.69, 9.17) is 5.11 Å². The van der Waals surface area contributed by atoms with E-state index in [9.17, 15) is 22.8 Å². The van der Waals surface area contributed by atoms with Crippen molar-refractivity contribution in [2.45, 2.75) is 12.8 Å². The van der Waals surface area contributed by atoms with Crippen LogP contribution in [0.5, 0.6) is 0 Å². The summed E-state index contributed by atoms with van der Waals surface area (Å²) in [6.45, 7) is 0. The summed E-state index contributed by atoms with van der Waals surface area (Å²) in [6, 6.07) is 0.916. The van der Waals surface area contributed by atoms with Crippen LogP contribution in [0.15, 0.2) is 12.1 Å². The number of benzene rings is 1. The lowest BCUT2D eigenvalue weighted by molar-refractivity contribution is -0.149. The van der Waals surface area contributed by atoms with E-state index in [1.54, 1.807) is 0 Å². The largest absolute Gasteiger partial charge is 0.481 e. The Bertz CT molecular complexity index is 502. The predicted molar refractivity (Wildman–Crippen MR) is 57.8 cm³/mol. The van der Waals surface area contributed by atoms with Crippen molar-refractivity contribution in [1.29, 1.82) is 0 Å². The van der Waals surface area contributed by atoms with Crippen LogP contribution in [0.25, 0.3) is 0 Å². The number of aliphatic carboxylic acids is 1. The molecule has 4 nitrogen and oxygen atoms in total. The van der Waals surface area contributed by atoms with Crippen molar-refractivity contribution < 1.29 is 32.6 Å². The Kier molecular flexibility index (Phi) is 4.91. The molecule has 0 bridgehead atoms. The summed E-state index contributed by atoms with van der Waals surface area (Å²) in [5, 5.41) is 8.90. The predicted octanol–water partition coefficient (Wildman–Crippen LogP) is 1.91. The molecule has 0 saturated heterocycles. The topological polar surface area (TPSA) is 63.6 Å². The maximum atomic E-state index is 13.4. The highest BCUT2D eigenvalue weighted by atomic mass is 19.2. The summed E-state index contributed by atoms with van der Waals surface area (Å²) >= 11 is 0. The summed E-state index contributed by atoms with van der Waals surface area (Å²) < 4.78 is 43.3. The molecule has 0 spiro atoms. The van der Waals surface area contributed by atoms with Gasteiger partial charge in [-0.3, -0.25) is 9.59 Å². The van der Waals surface area contributed by atoms with Crippen LogP contribution >= 0.6 is 0 Å². The van der Waals surface area contributed by atoms with Gasteiger partial charge < -0.3 is 9.84 Å². The van der Waals surface area contributed by atoms with Crippen LogP contribution in [0, 0.1) is 23.4 Å². The van der Waals surface area contributed by atoms with Gasteiger partial charge in [0.2, 0.25) is 0 Å². The van der Waals surface area contributed by atoms with E-state index in [1.165, 1.54) is 0 Å². The summed E-state index contributed by atoms with van der Waals surface area (Å²) in [7, 11) is 1.08. The number of hydrogen-bond donors (Lipinski definition) is 1. The Morgan fingerprint density at radius 2 is 1.79 bits per heavy atom. The molecule has 7 heteroatoms. The van der Waals surface area contributed by atoms with Crippen molar-refractivity contribution in [2.75, 3.05) is 7.11 Å². The van der Waals surface area contributed by atoms with Gasteiger partial charge >= 0.3 is 11.9 Å². The first kappa shape index (κ1) is 15.0. The molecule has 1 rings (SSSR count). The minimum Gasteiger partial charge on any atom is -0.481 e. The summed E-state index contributed by atoms with van der Waals surface area (Å²) in [5.74, 6) is -7.11. The van der Waals surface area contributed by atoms with E-state index in [1.807, 2.05) is 0 Å². The molecule has 1 aromatic rings. The number of rotatable bonds is 5. The molecular formula is C12H11F3O4. The van der Waals surface area contributed by atoms with E-state index in [2.05, 4.69) is 4.74 Å². The van der Waals surface area contributed by atoms with Crippen molar-refractivity contribution in [3.05, 3.63) is 35.1 Å². The van der Waals surface area contributed by atoms with E-state index in [0.29, 0.717) is 12.1 Å². The van der Waals surface area contributed by atoms with Crippen LogP contribution in [-0.2, 0) is 20.7 Å². The van der Waals surface area contributed by atoms with E-state index in [0.717, 1.165) is 7.11 Å². The second-order valence-electron chi connectivity index (χ2n) is 3.88. The minimum absolute atomic E-state index is 0.310. The molecule has 1 atom stereocenters. The first-order valence-electron chi connectivity index (χ1n) is 5.28. The lowest BCUT2D eigenvalue weighted by atomic mass is 9.96. The van der Waals surface area contributed by atoms with Crippen molar-refractivity contribution in [3.63, 3.8) is 0 Å². The molecule has 104 valence electrons. The summed E-state index contributed by atoms with van der Waals surface area (Å²) in [5.41, 5.74) is -0.310. The third kappa shape index (κ3) is 3.97. The smallest absolute Gasteiger partial charge is 0.307 e. The number of esters is 1. The van der Waals surface area contributed by atoms with Crippen LogP contribution in [-0.4, -0.2) is 24.2 Å². The van der Waals surface area contributed by atoms with E-state index >= 15 is 0 Å². The second-order valence-corrected chi connectivity index (χ2v) is 3.88. The van der Waals surface area contributed by atoms with Gasteiger partial charge in [0, 0.05) is 6.07 Å². The second kappa shape index (κ2) is 6.21. The number of ether oxygens (including phenoxy) is 1. The van der Waals surface area contributed by atoms with Crippen molar-refractivity contribution in [3.8, 4) is 0 Å². The molecule has 0 aliphatic heterocycles. The third-order valence-corrected chi connectivity index (χ3v) is 2.55. The molecule has 0 fully saturated rings. The van der Waals surface area contributed by atoms with Crippen LogP contribution < -0.4 is 0 Å². The Balaban J connectivity index is 2.94. The zero-order valence-electron chi connectivity index (χ0n) is 9.95. The molecule has 0 amide bonds. The average molecular weight is 276 g/mol. The Hall–Kier alpha value is -2.05. The Morgan fingerprint density at radius 3 is 2.32 bits per heavy atom. The van der Waals surface area contributed by atoms with Gasteiger partial charge in [0.25, 0.3) is 0 Å². The fourth-order valence-electron chi connectivity index (χ4n) is 1.52.